The number of aromatic nitrogens is 1. The fourth-order valence-electron chi connectivity index (χ4n) is 3.33. The highest BCUT2D eigenvalue weighted by Gasteiger charge is 2.61. The van der Waals surface area contributed by atoms with E-state index in [9.17, 15) is 0 Å². The van der Waals surface area contributed by atoms with Crippen LogP contribution < -0.4 is 5.73 Å². The first-order valence-electron chi connectivity index (χ1n) is 6.57. The molecule has 0 radical (unpaired) electrons. The zero-order valence-electron chi connectivity index (χ0n) is 11.3. The lowest BCUT2D eigenvalue weighted by molar-refractivity contribution is 0.505. The van der Waals surface area contributed by atoms with E-state index in [-0.39, 0.29) is 5.41 Å². The fraction of sp³-hybridized carbons (Fsp3) is 0.438. The molecule has 2 N–H and O–H groups in total. The summed E-state index contributed by atoms with van der Waals surface area (Å²) in [6.45, 7) is 7.40. The Bertz CT molecular complexity index is 616. The standard InChI is InChI=1S/C16H20N2/c1-11-8-13(16(10-17)9-15(16,2)3)12-6-4-5-7-14(12)18-11/h4-8H,9-10,17H2,1-3H3. The van der Waals surface area contributed by atoms with Gasteiger partial charge in [-0.25, -0.2) is 0 Å². The number of rotatable bonds is 2. The van der Waals surface area contributed by atoms with Gasteiger partial charge in [-0.1, -0.05) is 32.0 Å². The lowest BCUT2D eigenvalue weighted by Crippen LogP contribution is -2.25. The quantitative estimate of drug-likeness (QED) is 0.875. The van der Waals surface area contributed by atoms with E-state index in [1.165, 1.54) is 17.4 Å². The normalized spacial score (nSPS) is 25.3. The van der Waals surface area contributed by atoms with Gasteiger partial charge in [0.25, 0.3) is 0 Å². The Morgan fingerprint density at radius 3 is 2.56 bits per heavy atom. The Morgan fingerprint density at radius 2 is 1.94 bits per heavy atom. The van der Waals surface area contributed by atoms with Gasteiger partial charge in [0, 0.05) is 23.0 Å². The Labute approximate surface area is 108 Å². The molecule has 3 rings (SSSR count). The molecule has 2 aromatic rings. The van der Waals surface area contributed by atoms with E-state index in [2.05, 4.69) is 50.0 Å². The van der Waals surface area contributed by atoms with Gasteiger partial charge in [-0.2, -0.15) is 0 Å². The van der Waals surface area contributed by atoms with Gasteiger partial charge in [-0.05, 0) is 36.5 Å². The van der Waals surface area contributed by atoms with E-state index in [0.29, 0.717) is 12.0 Å². The van der Waals surface area contributed by atoms with Gasteiger partial charge in [0.2, 0.25) is 0 Å². The second kappa shape index (κ2) is 3.55. The maximum atomic E-state index is 6.10. The summed E-state index contributed by atoms with van der Waals surface area (Å²) in [4.78, 5) is 4.62. The number of fused-ring (bicyclic) bond motifs is 1. The topological polar surface area (TPSA) is 38.9 Å². The predicted octanol–water partition coefficient (Wildman–Crippen LogP) is 3.17. The number of hydrogen-bond donors (Lipinski definition) is 1. The smallest absolute Gasteiger partial charge is 0.0708 e. The molecule has 94 valence electrons. The summed E-state index contributed by atoms with van der Waals surface area (Å²) in [6, 6.07) is 10.6. The molecule has 1 aliphatic carbocycles. The summed E-state index contributed by atoms with van der Waals surface area (Å²) in [5.41, 5.74) is 10.1. The van der Waals surface area contributed by atoms with Gasteiger partial charge in [-0.3, -0.25) is 4.98 Å². The number of benzene rings is 1. The van der Waals surface area contributed by atoms with Crippen LogP contribution in [0.2, 0.25) is 0 Å². The average Bonchev–Trinajstić information content (AvgIpc) is 2.91. The maximum Gasteiger partial charge on any atom is 0.0708 e. The van der Waals surface area contributed by atoms with Crippen LogP contribution in [0, 0.1) is 12.3 Å². The summed E-state index contributed by atoms with van der Waals surface area (Å²) in [5, 5.41) is 1.26. The lowest BCUT2D eigenvalue weighted by Gasteiger charge is -2.21. The van der Waals surface area contributed by atoms with Crippen molar-refractivity contribution in [1.82, 2.24) is 4.98 Å². The summed E-state index contributed by atoms with van der Waals surface area (Å²) < 4.78 is 0. The van der Waals surface area contributed by atoms with Crippen LogP contribution in [0.5, 0.6) is 0 Å². The zero-order chi connectivity index (χ0) is 13.0. The summed E-state index contributed by atoms with van der Waals surface area (Å²) in [6.07, 6.45) is 1.17. The molecule has 1 aromatic carbocycles. The van der Waals surface area contributed by atoms with Crippen molar-refractivity contribution < 1.29 is 0 Å². The first-order chi connectivity index (χ1) is 8.50. The van der Waals surface area contributed by atoms with E-state index in [0.717, 1.165) is 11.2 Å². The maximum absolute atomic E-state index is 6.10. The van der Waals surface area contributed by atoms with Crippen molar-refractivity contribution in [2.24, 2.45) is 11.1 Å². The molecule has 1 saturated carbocycles. The van der Waals surface area contributed by atoms with Gasteiger partial charge in [0.1, 0.15) is 0 Å². The Kier molecular flexibility index (Phi) is 2.30. The van der Waals surface area contributed by atoms with Crippen LogP contribution in [0.3, 0.4) is 0 Å². The SMILES string of the molecule is Cc1cc(C2(CN)CC2(C)C)c2ccccc2n1. The van der Waals surface area contributed by atoms with Crippen LogP contribution in [0.1, 0.15) is 31.5 Å². The molecule has 1 fully saturated rings. The Morgan fingerprint density at radius 1 is 1.28 bits per heavy atom. The van der Waals surface area contributed by atoms with Crippen LogP contribution in [0.4, 0.5) is 0 Å². The van der Waals surface area contributed by atoms with Crippen LogP contribution in [0.15, 0.2) is 30.3 Å². The average molecular weight is 240 g/mol. The highest BCUT2D eigenvalue weighted by atomic mass is 14.8. The van der Waals surface area contributed by atoms with Crippen molar-refractivity contribution in [3.63, 3.8) is 0 Å². The van der Waals surface area contributed by atoms with Crippen LogP contribution in [-0.2, 0) is 5.41 Å². The molecule has 0 bridgehead atoms. The van der Waals surface area contributed by atoms with Crippen molar-refractivity contribution in [2.75, 3.05) is 6.54 Å². The minimum absolute atomic E-state index is 0.139. The molecule has 1 heterocycles. The van der Waals surface area contributed by atoms with Gasteiger partial charge >= 0.3 is 0 Å². The number of pyridine rings is 1. The van der Waals surface area contributed by atoms with Crippen molar-refractivity contribution in [2.45, 2.75) is 32.6 Å². The third-order valence-corrected chi connectivity index (χ3v) is 4.62. The van der Waals surface area contributed by atoms with E-state index in [4.69, 9.17) is 5.73 Å². The zero-order valence-corrected chi connectivity index (χ0v) is 11.3. The number of nitrogens with two attached hydrogens (primary N) is 1. The second-order valence-electron chi connectivity index (χ2n) is 6.18. The summed E-state index contributed by atoms with van der Waals surface area (Å²) in [7, 11) is 0. The molecule has 2 heteroatoms. The van der Waals surface area contributed by atoms with Gasteiger partial charge in [0.05, 0.1) is 5.52 Å². The Hall–Kier alpha value is -1.41. The molecule has 1 atom stereocenters. The van der Waals surface area contributed by atoms with Gasteiger partial charge in [0.15, 0.2) is 0 Å². The minimum atomic E-state index is 0.139. The summed E-state index contributed by atoms with van der Waals surface area (Å²) >= 11 is 0. The molecule has 0 saturated heterocycles. The van der Waals surface area contributed by atoms with Crippen LogP contribution in [0.25, 0.3) is 10.9 Å². The van der Waals surface area contributed by atoms with Gasteiger partial charge < -0.3 is 5.73 Å². The van der Waals surface area contributed by atoms with E-state index < -0.39 is 0 Å². The van der Waals surface area contributed by atoms with Crippen molar-refractivity contribution in [3.05, 3.63) is 41.6 Å². The largest absolute Gasteiger partial charge is 0.330 e. The molecule has 1 aromatic heterocycles. The van der Waals surface area contributed by atoms with Gasteiger partial charge in [-0.15, -0.1) is 0 Å². The third kappa shape index (κ3) is 1.42. The van der Waals surface area contributed by atoms with Crippen molar-refractivity contribution in [3.8, 4) is 0 Å². The lowest BCUT2D eigenvalue weighted by atomic mass is 9.85. The monoisotopic (exact) mass is 240 g/mol. The molecule has 18 heavy (non-hydrogen) atoms. The highest BCUT2D eigenvalue weighted by molar-refractivity contribution is 5.84. The number of para-hydroxylation sites is 1. The summed E-state index contributed by atoms with van der Waals surface area (Å²) in [5.74, 6) is 0. The molecular formula is C16H20N2. The Balaban J connectivity index is 2.30. The molecule has 0 amide bonds. The van der Waals surface area contributed by atoms with E-state index >= 15 is 0 Å². The predicted molar refractivity (Wildman–Crippen MR) is 75.6 cm³/mol. The van der Waals surface area contributed by atoms with Crippen LogP contribution in [-0.4, -0.2) is 11.5 Å². The first kappa shape index (κ1) is 11.7. The molecule has 1 aliphatic rings. The van der Waals surface area contributed by atoms with Crippen LogP contribution >= 0.6 is 0 Å². The minimum Gasteiger partial charge on any atom is -0.330 e. The molecule has 2 nitrogen and oxygen atoms in total. The van der Waals surface area contributed by atoms with E-state index in [1.54, 1.807) is 0 Å². The van der Waals surface area contributed by atoms with E-state index in [1.807, 2.05) is 6.07 Å². The second-order valence-corrected chi connectivity index (χ2v) is 6.18. The first-order valence-corrected chi connectivity index (χ1v) is 6.57. The van der Waals surface area contributed by atoms with Crippen molar-refractivity contribution >= 4 is 10.9 Å². The molecule has 0 aliphatic heterocycles. The molecule has 1 unspecified atom stereocenters. The fourth-order valence-corrected chi connectivity index (χ4v) is 3.33. The number of aryl methyl sites for hydroxylation is 1. The highest BCUT2D eigenvalue weighted by Crippen LogP contribution is 2.64. The third-order valence-electron chi connectivity index (χ3n) is 4.62. The molecule has 0 spiro atoms. The molecular weight excluding hydrogens is 220 g/mol. The number of hydrogen-bond acceptors (Lipinski definition) is 2. The number of nitrogens with zero attached hydrogens (tertiary/aromatic N) is 1. The van der Waals surface area contributed by atoms with Crippen molar-refractivity contribution in [1.29, 1.82) is 0 Å².